The molecular formula is C19H22O2. The number of rotatable bonds is 3. The predicted octanol–water partition coefficient (Wildman–Crippen LogP) is 3.10. The summed E-state index contributed by atoms with van der Waals surface area (Å²) < 4.78 is 0. The van der Waals surface area contributed by atoms with Crippen molar-refractivity contribution >= 4 is 0 Å². The van der Waals surface area contributed by atoms with Crippen molar-refractivity contribution < 1.29 is 10.2 Å². The van der Waals surface area contributed by atoms with E-state index in [1.165, 1.54) is 11.1 Å². The average Bonchev–Trinajstić information content (AvgIpc) is 2.62. The molecule has 2 N–H and O–H groups in total. The standard InChI is InChI=1S/C19H22O2/c1-14-7-8-16-10-9-15-5-2-3-6-17(15)19(21,11-4-12-20)18(16)13-14/h2-3,5-8,13,20-21H,4,9-12H2,1H3/t19-/m1/s1. The number of fused-ring (bicyclic) bond motifs is 2. The number of benzene rings is 2. The molecule has 0 aliphatic heterocycles. The Bertz CT molecular complexity index is 648. The molecule has 0 aromatic heterocycles. The van der Waals surface area contributed by atoms with Gasteiger partial charge in [0.1, 0.15) is 5.60 Å². The number of hydrogen-bond acceptors (Lipinski definition) is 2. The van der Waals surface area contributed by atoms with Crippen LogP contribution in [0.4, 0.5) is 0 Å². The molecule has 0 saturated carbocycles. The van der Waals surface area contributed by atoms with Crippen LogP contribution >= 0.6 is 0 Å². The summed E-state index contributed by atoms with van der Waals surface area (Å²) in [7, 11) is 0. The summed E-state index contributed by atoms with van der Waals surface area (Å²) in [5.74, 6) is 0. The average molecular weight is 282 g/mol. The Balaban J connectivity index is 2.21. The van der Waals surface area contributed by atoms with Gasteiger partial charge in [-0.1, -0.05) is 48.0 Å². The minimum atomic E-state index is -0.989. The van der Waals surface area contributed by atoms with Gasteiger partial charge < -0.3 is 10.2 Å². The van der Waals surface area contributed by atoms with Gasteiger partial charge in [0.05, 0.1) is 0 Å². The van der Waals surface area contributed by atoms with Gasteiger partial charge in [-0.2, -0.15) is 0 Å². The molecule has 0 bridgehead atoms. The Kier molecular flexibility index (Phi) is 3.83. The van der Waals surface area contributed by atoms with Gasteiger partial charge in [-0.25, -0.2) is 0 Å². The minimum Gasteiger partial charge on any atom is -0.396 e. The normalized spacial score (nSPS) is 20.5. The molecule has 1 aliphatic carbocycles. The maximum absolute atomic E-state index is 11.5. The first-order chi connectivity index (χ1) is 10.1. The zero-order chi connectivity index (χ0) is 14.9. The lowest BCUT2D eigenvalue weighted by atomic mass is 9.80. The summed E-state index contributed by atoms with van der Waals surface area (Å²) >= 11 is 0. The summed E-state index contributed by atoms with van der Waals surface area (Å²) in [6, 6.07) is 14.5. The van der Waals surface area contributed by atoms with E-state index in [-0.39, 0.29) is 6.61 Å². The highest BCUT2D eigenvalue weighted by Crippen LogP contribution is 2.41. The van der Waals surface area contributed by atoms with Crippen LogP contribution in [0.5, 0.6) is 0 Å². The van der Waals surface area contributed by atoms with E-state index >= 15 is 0 Å². The van der Waals surface area contributed by atoms with Gasteiger partial charge >= 0.3 is 0 Å². The Morgan fingerprint density at radius 3 is 2.48 bits per heavy atom. The molecule has 0 heterocycles. The van der Waals surface area contributed by atoms with Crippen LogP contribution in [0.1, 0.15) is 40.7 Å². The van der Waals surface area contributed by atoms with Crippen LogP contribution in [-0.4, -0.2) is 16.8 Å². The first-order valence-electron chi connectivity index (χ1n) is 7.67. The van der Waals surface area contributed by atoms with Gasteiger partial charge in [0.2, 0.25) is 0 Å². The third kappa shape index (κ3) is 2.50. The second-order valence-corrected chi connectivity index (χ2v) is 6.01. The second kappa shape index (κ2) is 5.63. The molecule has 2 nitrogen and oxygen atoms in total. The number of aliphatic hydroxyl groups is 2. The molecule has 2 aromatic rings. The number of aryl methyl sites for hydroxylation is 3. The fourth-order valence-electron chi connectivity index (χ4n) is 3.45. The second-order valence-electron chi connectivity index (χ2n) is 6.01. The van der Waals surface area contributed by atoms with Crippen molar-refractivity contribution in [3.05, 3.63) is 70.3 Å². The van der Waals surface area contributed by atoms with Crippen LogP contribution < -0.4 is 0 Å². The Morgan fingerprint density at radius 2 is 1.71 bits per heavy atom. The van der Waals surface area contributed by atoms with Crippen molar-refractivity contribution in [1.29, 1.82) is 0 Å². The molecule has 110 valence electrons. The summed E-state index contributed by atoms with van der Waals surface area (Å²) in [5, 5.41) is 20.7. The van der Waals surface area contributed by atoms with E-state index in [9.17, 15) is 10.2 Å². The van der Waals surface area contributed by atoms with Crippen LogP contribution in [0, 0.1) is 6.92 Å². The van der Waals surface area contributed by atoms with Crippen molar-refractivity contribution in [2.45, 2.75) is 38.2 Å². The molecule has 1 aliphatic rings. The van der Waals surface area contributed by atoms with Crippen molar-refractivity contribution in [1.82, 2.24) is 0 Å². The smallest absolute Gasteiger partial charge is 0.115 e. The lowest BCUT2D eigenvalue weighted by Crippen LogP contribution is -2.29. The maximum atomic E-state index is 11.5. The van der Waals surface area contributed by atoms with Crippen LogP contribution in [0.2, 0.25) is 0 Å². The molecule has 3 rings (SSSR count). The highest BCUT2D eigenvalue weighted by molar-refractivity contribution is 5.48. The molecule has 0 fully saturated rings. The van der Waals surface area contributed by atoms with E-state index in [1.54, 1.807) is 0 Å². The van der Waals surface area contributed by atoms with Gasteiger partial charge in [0.15, 0.2) is 0 Å². The van der Waals surface area contributed by atoms with Crippen molar-refractivity contribution in [3.8, 4) is 0 Å². The number of hydrogen-bond donors (Lipinski definition) is 2. The van der Waals surface area contributed by atoms with Crippen LogP contribution in [0.15, 0.2) is 42.5 Å². The van der Waals surface area contributed by atoms with E-state index in [1.807, 2.05) is 18.2 Å². The van der Waals surface area contributed by atoms with Gasteiger partial charge in [0.25, 0.3) is 0 Å². The highest BCUT2D eigenvalue weighted by Gasteiger charge is 2.36. The minimum absolute atomic E-state index is 0.103. The van der Waals surface area contributed by atoms with Gasteiger partial charge in [-0.05, 0) is 54.9 Å². The Morgan fingerprint density at radius 1 is 1.00 bits per heavy atom. The van der Waals surface area contributed by atoms with Crippen LogP contribution in [-0.2, 0) is 18.4 Å². The van der Waals surface area contributed by atoms with Crippen molar-refractivity contribution in [2.75, 3.05) is 6.61 Å². The molecule has 0 saturated heterocycles. The molecule has 0 amide bonds. The van der Waals surface area contributed by atoms with Crippen LogP contribution in [0.3, 0.4) is 0 Å². The highest BCUT2D eigenvalue weighted by atomic mass is 16.3. The van der Waals surface area contributed by atoms with Gasteiger partial charge in [-0.3, -0.25) is 0 Å². The van der Waals surface area contributed by atoms with E-state index in [0.29, 0.717) is 12.8 Å². The summed E-state index contributed by atoms with van der Waals surface area (Å²) in [6.07, 6.45) is 3.05. The fourth-order valence-corrected chi connectivity index (χ4v) is 3.45. The van der Waals surface area contributed by atoms with Gasteiger partial charge in [0, 0.05) is 6.61 Å². The third-order valence-electron chi connectivity index (χ3n) is 4.53. The molecule has 0 spiro atoms. The predicted molar refractivity (Wildman–Crippen MR) is 84.3 cm³/mol. The molecule has 0 radical (unpaired) electrons. The lowest BCUT2D eigenvalue weighted by molar-refractivity contribution is 0.0619. The maximum Gasteiger partial charge on any atom is 0.115 e. The fraction of sp³-hybridized carbons (Fsp3) is 0.368. The molecule has 2 aromatic carbocycles. The van der Waals surface area contributed by atoms with E-state index in [2.05, 4.69) is 31.2 Å². The Hall–Kier alpha value is -1.64. The summed E-state index contributed by atoms with van der Waals surface area (Å²) in [6.45, 7) is 2.16. The largest absolute Gasteiger partial charge is 0.396 e. The van der Waals surface area contributed by atoms with E-state index < -0.39 is 5.60 Å². The SMILES string of the molecule is Cc1ccc2c(c1)[C@@](O)(CCCO)c1ccccc1CC2. The molecule has 1 atom stereocenters. The topological polar surface area (TPSA) is 40.5 Å². The monoisotopic (exact) mass is 282 g/mol. The lowest BCUT2D eigenvalue weighted by Gasteiger charge is -2.31. The molecule has 21 heavy (non-hydrogen) atoms. The molecule has 0 unspecified atom stereocenters. The quantitative estimate of drug-likeness (QED) is 0.908. The van der Waals surface area contributed by atoms with Crippen LogP contribution in [0.25, 0.3) is 0 Å². The molecular weight excluding hydrogens is 260 g/mol. The van der Waals surface area contributed by atoms with E-state index in [4.69, 9.17) is 0 Å². The third-order valence-corrected chi connectivity index (χ3v) is 4.53. The zero-order valence-corrected chi connectivity index (χ0v) is 12.5. The van der Waals surface area contributed by atoms with Crippen molar-refractivity contribution in [3.63, 3.8) is 0 Å². The summed E-state index contributed by atoms with van der Waals surface area (Å²) in [5.41, 5.74) is 4.63. The first-order valence-corrected chi connectivity index (χ1v) is 7.67. The first kappa shape index (κ1) is 14.3. The van der Waals surface area contributed by atoms with Gasteiger partial charge in [-0.15, -0.1) is 0 Å². The molecule has 2 heteroatoms. The Labute approximate surface area is 126 Å². The summed E-state index contributed by atoms with van der Waals surface area (Å²) in [4.78, 5) is 0. The number of aliphatic hydroxyl groups excluding tert-OH is 1. The zero-order valence-electron chi connectivity index (χ0n) is 12.5. The van der Waals surface area contributed by atoms with Crippen molar-refractivity contribution in [2.24, 2.45) is 0 Å². The van der Waals surface area contributed by atoms with E-state index in [0.717, 1.165) is 29.5 Å².